The average molecular weight is 288 g/mol. The predicted octanol–water partition coefficient (Wildman–Crippen LogP) is 3.23. The number of ketones is 1. The van der Waals surface area contributed by atoms with Crippen LogP contribution in [-0.2, 0) is 11.2 Å². The van der Waals surface area contributed by atoms with Gasteiger partial charge in [-0.3, -0.25) is 9.59 Å². The third-order valence-corrected chi connectivity index (χ3v) is 3.59. The molecule has 0 saturated carbocycles. The van der Waals surface area contributed by atoms with Gasteiger partial charge < -0.3 is 5.32 Å². The van der Waals surface area contributed by atoms with E-state index in [4.69, 9.17) is 0 Å². The van der Waals surface area contributed by atoms with Gasteiger partial charge in [-0.25, -0.2) is 4.98 Å². The number of benzene rings is 1. The summed E-state index contributed by atoms with van der Waals surface area (Å²) in [5, 5.41) is 4.85. The highest BCUT2D eigenvalue weighted by molar-refractivity contribution is 7.14. The van der Waals surface area contributed by atoms with Crippen LogP contribution >= 0.6 is 11.3 Å². The normalized spacial score (nSPS) is 10.3. The molecule has 0 unspecified atom stereocenters. The van der Waals surface area contributed by atoms with Gasteiger partial charge in [0.15, 0.2) is 10.9 Å². The molecule has 5 heteroatoms. The van der Waals surface area contributed by atoms with Crippen molar-refractivity contribution in [3.05, 3.63) is 46.5 Å². The number of carbonyl (C=O) groups is 2. The Kier molecular flexibility index (Phi) is 4.63. The first-order chi connectivity index (χ1) is 9.54. The van der Waals surface area contributed by atoms with Crippen LogP contribution in [0.5, 0.6) is 0 Å². The van der Waals surface area contributed by atoms with Crippen LogP contribution < -0.4 is 5.32 Å². The molecule has 0 aliphatic rings. The molecule has 0 aliphatic carbocycles. The highest BCUT2D eigenvalue weighted by Crippen LogP contribution is 2.16. The van der Waals surface area contributed by atoms with Crippen molar-refractivity contribution in [2.24, 2.45) is 0 Å². The number of amides is 1. The van der Waals surface area contributed by atoms with Gasteiger partial charge in [0, 0.05) is 18.7 Å². The summed E-state index contributed by atoms with van der Waals surface area (Å²) < 4.78 is 0. The van der Waals surface area contributed by atoms with Gasteiger partial charge in [0.1, 0.15) is 5.69 Å². The van der Waals surface area contributed by atoms with E-state index in [9.17, 15) is 9.59 Å². The first-order valence-electron chi connectivity index (χ1n) is 6.36. The standard InChI is InChI=1S/C15H16N2O2S/c1-10-4-3-5-12(8-10)6-7-14(19)17-15-16-13(9-20-15)11(2)18/h3-5,8-9H,6-7H2,1-2H3,(H,16,17,19). The molecular weight excluding hydrogens is 272 g/mol. The van der Waals surface area contributed by atoms with Gasteiger partial charge in [-0.05, 0) is 18.9 Å². The molecule has 0 fully saturated rings. The zero-order valence-electron chi connectivity index (χ0n) is 11.5. The molecule has 2 rings (SSSR count). The largest absolute Gasteiger partial charge is 0.302 e. The smallest absolute Gasteiger partial charge is 0.226 e. The van der Waals surface area contributed by atoms with E-state index in [0.29, 0.717) is 23.7 Å². The lowest BCUT2D eigenvalue weighted by Gasteiger charge is -2.03. The van der Waals surface area contributed by atoms with Crippen molar-refractivity contribution in [3.63, 3.8) is 0 Å². The van der Waals surface area contributed by atoms with Gasteiger partial charge in [0.2, 0.25) is 5.91 Å². The molecule has 1 aromatic heterocycles. The van der Waals surface area contributed by atoms with Gasteiger partial charge in [0.25, 0.3) is 0 Å². The molecule has 4 nitrogen and oxygen atoms in total. The second kappa shape index (κ2) is 6.43. The maximum atomic E-state index is 11.8. The van der Waals surface area contributed by atoms with Crippen LogP contribution in [-0.4, -0.2) is 16.7 Å². The SMILES string of the molecule is CC(=O)c1csc(NC(=O)CCc2cccc(C)c2)n1. The van der Waals surface area contributed by atoms with Gasteiger partial charge >= 0.3 is 0 Å². The molecule has 1 aromatic carbocycles. The van der Waals surface area contributed by atoms with Gasteiger partial charge in [-0.15, -0.1) is 11.3 Å². The summed E-state index contributed by atoms with van der Waals surface area (Å²) in [7, 11) is 0. The third-order valence-electron chi connectivity index (χ3n) is 2.83. The summed E-state index contributed by atoms with van der Waals surface area (Å²) in [6, 6.07) is 8.10. The van der Waals surface area contributed by atoms with E-state index >= 15 is 0 Å². The highest BCUT2D eigenvalue weighted by atomic mass is 32.1. The lowest BCUT2D eigenvalue weighted by atomic mass is 10.1. The Morgan fingerprint density at radius 3 is 2.80 bits per heavy atom. The molecule has 0 saturated heterocycles. The molecule has 104 valence electrons. The average Bonchev–Trinajstić information content (AvgIpc) is 2.85. The first kappa shape index (κ1) is 14.4. The number of hydrogen-bond donors (Lipinski definition) is 1. The van der Waals surface area contributed by atoms with Crippen LogP contribution in [0.25, 0.3) is 0 Å². The molecule has 0 radical (unpaired) electrons. The zero-order chi connectivity index (χ0) is 14.5. The molecule has 0 atom stereocenters. The fourth-order valence-electron chi connectivity index (χ4n) is 1.80. The summed E-state index contributed by atoms with van der Waals surface area (Å²) in [4.78, 5) is 27.0. The summed E-state index contributed by atoms with van der Waals surface area (Å²) in [5.41, 5.74) is 2.72. The Bertz CT molecular complexity index is 634. The Morgan fingerprint density at radius 2 is 2.15 bits per heavy atom. The van der Waals surface area contributed by atoms with Crippen LogP contribution in [0.1, 0.15) is 35.0 Å². The van der Waals surface area contributed by atoms with Crippen molar-refractivity contribution in [2.45, 2.75) is 26.7 Å². The molecular formula is C15H16N2O2S. The lowest BCUT2D eigenvalue weighted by molar-refractivity contribution is -0.116. The second-order valence-corrected chi connectivity index (χ2v) is 5.49. The Hall–Kier alpha value is -2.01. The summed E-state index contributed by atoms with van der Waals surface area (Å²) in [6.07, 6.45) is 1.09. The van der Waals surface area contributed by atoms with Crippen LogP contribution in [0.15, 0.2) is 29.6 Å². The quantitative estimate of drug-likeness (QED) is 0.859. The molecule has 0 bridgehead atoms. The van der Waals surface area contributed by atoms with E-state index in [2.05, 4.69) is 16.4 Å². The second-order valence-electron chi connectivity index (χ2n) is 4.63. The number of rotatable bonds is 5. The van der Waals surface area contributed by atoms with Crippen LogP contribution in [0.2, 0.25) is 0 Å². The van der Waals surface area contributed by atoms with Gasteiger partial charge in [0.05, 0.1) is 0 Å². The minimum Gasteiger partial charge on any atom is -0.302 e. The van der Waals surface area contributed by atoms with E-state index in [0.717, 1.165) is 5.56 Å². The number of aromatic nitrogens is 1. The number of hydrogen-bond acceptors (Lipinski definition) is 4. The molecule has 0 aliphatic heterocycles. The van der Waals surface area contributed by atoms with Crippen LogP contribution in [0, 0.1) is 6.92 Å². The number of aryl methyl sites for hydroxylation is 2. The van der Waals surface area contributed by atoms with Crippen molar-refractivity contribution in [3.8, 4) is 0 Å². The molecule has 1 heterocycles. The molecule has 1 N–H and O–H groups in total. The predicted molar refractivity (Wildman–Crippen MR) is 80.2 cm³/mol. The molecule has 1 amide bonds. The van der Waals surface area contributed by atoms with Crippen molar-refractivity contribution in [1.82, 2.24) is 4.98 Å². The van der Waals surface area contributed by atoms with E-state index in [1.807, 2.05) is 25.1 Å². The Balaban J connectivity index is 1.87. The number of nitrogens with one attached hydrogen (secondary N) is 1. The van der Waals surface area contributed by atoms with Crippen molar-refractivity contribution in [1.29, 1.82) is 0 Å². The summed E-state index contributed by atoms with van der Waals surface area (Å²) in [5.74, 6) is -0.183. The van der Waals surface area contributed by atoms with Gasteiger partial charge in [-0.1, -0.05) is 29.8 Å². The number of nitrogens with zero attached hydrogens (tertiary/aromatic N) is 1. The Morgan fingerprint density at radius 1 is 1.35 bits per heavy atom. The minimum atomic E-state index is -0.0958. The Labute approximate surface area is 121 Å². The highest BCUT2D eigenvalue weighted by Gasteiger charge is 2.09. The topological polar surface area (TPSA) is 59.1 Å². The monoisotopic (exact) mass is 288 g/mol. The van der Waals surface area contributed by atoms with E-state index in [-0.39, 0.29) is 11.7 Å². The maximum Gasteiger partial charge on any atom is 0.226 e. The first-order valence-corrected chi connectivity index (χ1v) is 7.24. The summed E-state index contributed by atoms with van der Waals surface area (Å²) >= 11 is 1.27. The number of carbonyl (C=O) groups excluding carboxylic acids is 2. The third kappa shape index (κ3) is 3.99. The minimum absolute atomic E-state index is 0.0871. The molecule has 20 heavy (non-hydrogen) atoms. The van der Waals surface area contributed by atoms with E-state index in [1.165, 1.54) is 23.8 Å². The summed E-state index contributed by atoms with van der Waals surface area (Å²) in [6.45, 7) is 3.49. The fourth-order valence-corrected chi connectivity index (χ4v) is 2.57. The maximum absolute atomic E-state index is 11.8. The van der Waals surface area contributed by atoms with E-state index < -0.39 is 0 Å². The number of anilines is 1. The zero-order valence-corrected chi connectivity index (χ0v) is 12.3. The van der Waals surface area contributed by atoms with Crippen LogP contribution in [0.3, 0.4) is 0 Å². The van der Waals surface area contributed by atoms with E-state index in [1.54, 1.807) is 5.38 Å². The van der Waals surface area contributed by atoms with Crippen molar-refractivity contribution < 1.29 is 9.59 Å². The van der Waals surface area contributed by atoms with Crippen LogP contribution in [0.4, 0.5) is 5.13 Å². The van der Waals surface area contributed by atoms with Crippen molar-refractivity contribution >= 4 is 28.2 Å². The number of Topliss-reactive ketones (excluding diaryl/α,β-unsaturated/α-hetero) is 1. The fraction of sp³-hybridized carbons (Fsp3) is 0.267. The van der Waals surface area contributed by atoms with Crippen molar-refractivity contribution in [2.75, 3.05) is 5.32 Å². The molecule has 2 aromatic rings. The molecule has 0 spiro atoms. The van der Waals surface area contributed by atoms with Gasteiger partial charge in [-0.2, -0.15) is 0 Å². The number of thiazole rings is 1. The lowest BCUT2D eigenvalue weighted by Crippen LogP contribution is -2.12.